The largest absolute Gasteiger partial charge is 0.310 e. The van der Waals surface area contributed by atoms with Crippen LogP contribution in [0.1, 0.15) is 34.1 Å². The van der Waals surface area contributed by atoms with Crippen molar-refractivity contribution in [2.24, 2.45) is 5.92 Å². The Balaban J connectivity index is 2.38. The van der Waals surface area contributed by atoms with Gasteiger partial charge in [-0.1, -0.05) is 6.92 Å². The van der Waals surface area contributed by atoms with Crippen molar-refractivity contribution in [3.8, 4) is 0 Å². The van der Waals surface area contributed by atoms with Crippen LogP contribution in [0.15, 0.2) is 0 Å². The molecule has 1 aliphatic rings. The summed E-state index contributed by atoms with van der Waals surface area (Å²) in [7, 11) is -2.84. The highest BCUT2D eigenvalue weighted by molar-refractivity contribution is 7.90. The van der Waals surface area contributed by atoms with E-state index in [9.17, 15) is 8.42 Å². The maximum absolute atomic E-state index is 11.1. The molecule has 1 aliphatic heterocycles. The second-order valence-corrected chi connectivity index (χ2v) is 8.38. The fourth-order valence-corrected chi connectivity index (χ4v) is 3.26. The Hall–Kier alpha value is -0.130. The SMILES string of the molecule is CC(CCS(C)(=O)=O)NC1CN(C(C)C)CC1C. The van der Waals surface area contributed by atoms with E-state index in [-0.39, 0.29) is 11.8 Å². The molecule has 1 fully saturated rings. The van der Waals surface area contributed by atoms with Gasteiger partial charge < -0.3 is 5.32 Å². The summed E-state index contributed by atoms with van der Waals surface area (Å²) < 4.78 is 22.3. The van der Waals surface area contributed by atoms with Crippen molar-refractivity contribution >= 4 is 9.84 Å². The third kappa shape index (κ3) is 5.24. The molecule has 1 N–H and O–H groups in total. The highest BCUT2D eigenvalue weighted by Gasteiger charge is 2.31. The van der Waals surface area contributed by atoms with E-state index in [2.05, 4.69) is 37.9 Å². The minimum Gasteiger partial charge on any atom is -0.310 e. The number of likely N-dealkylation sites (tertiary alicyclic amines) is 1. The molecule has 1 rings (SSSR count). The first-order valence-electron chi connectivity index (χ1n) is 6.87. The van der Waals surface area contributed by atoms with Crippen LogP contribution in [0.25, 0.3) is 0 Å². The Morgan fingerprint density at radius 2 is 1.89 bits per heavy atom. The van der Waals surface area contributed by atoms with Crippen LogP contribution in [0, 0.1) is 5.92 Å². The van der Waals surface area contributed by atoms with Crippen molar-refractivity contribution in [2.45, 2.75) is 52.2 Å². The molecule has 0 aromatic heterocycles. The van der Waals surface area contributed by atoms with E-state index in [1.165, 1.54) is 6.26 Å². The zero-order valence-corrected chi connectivity index (χ0v) is 13.1. The fraction of sp³-hybridized carbons (Fsp3) is 1.00. The lowest BCUT2D eigenvalue weighted by Gasteiger charge is -2.23. The molecular formula is C13H28N2O2S. The van der Waals surface area contributed by atoms with Gasteiger partial charge in [-0.3, -0.25) is 4.90 Å². The summed E-state index contributed by atoms with van der Waals surface area (Å²) in [5.74, 6) is 0.906. The van der Waals surface area contributed by atoms with E-state index in [4.69, 9.17) is 0 Å². The van der Waals surface area contributed by atoms with Gasteiger partial charge >= 0.3 is 0 Å². The van der Waals surface area contributed by atoms with E-state index >= 15 is 0 Å². The Morgan fingerprint density at radius 1 is 1.28 bits per heavy atom. The predicted octanol–water partition coefficient (Wildman–Crippen LogP) is 1.13. The minimum atomic E-state index is -2.84. The van der Waals surface area contributed by atoms with Crippen LogP contribution in [0.5, 0.6) is 0 Å². The summed E-state index contributed by atoms with van der Waals surface area (Å²) in [6.45, 7) is 11.0. The van der Waals surface area contributed by atoms with Crippen molar-refractivity contribution < 1.29 is 8.42 Å². The summed E-state index contributed by atoms with van der Waals surface area (Å²) >= 11 is 0. The molecule has 0 bridgehead atoms. The average molecular weight is 276 g/mol. The maximum atomic E-state index is 11.1. The molecule has 108 valence electrons. The lowest BCUT2D eigenvalue weighted by Crippen LogP contribution is -2.42. The zero-order chi connectivity index (χ0) is 13.9. The van der Waals surface area contributed by atoms with E-state index in [0.29, 0.717) is 24.4 Å². The zero-order valence-electron chi connectivity index (χ0n) is 12.3. The fourth-order valence-electron chi connectivity index (χ4n) is 2.48. The van der Waals surface area contributed by atoms with Crippen molar-refractivity contribution in [3.63, 3.8) is 0 Å². The van der Waals surface area contributed by atoms with Gasteiger partial charge in [0.1, 0.15) is 9.84 Å². The van der Waals surface area contributed by atoms with Crippen molar-refractivity contribution in [1.82, 2.24) is 10.2 Å². The lowest BCUT2D eigenvalue weighted by molar-refractivity contribution is 0.262. The van der Waals surface area contributed by atoms with E-state index in [1.807, 2.05) is 0 Å². The molecule has 18 heavy (non-hydrogen) atoms. The number of hydrogen-bond donors (Lipinski definition) is 1. The molecule has 3 atom stereocenters. The van der Waals surface area contributed by atoms with Crippen LogP contribution in [-0.4, -0.2) is 56.5 Å². The first-order chi connectivity index (χ1) is 8.19. The third-order valence-electron chi connectivity index (χ3n) is 3.79. The molecule has 1 saturated heterocycles. The Morgan fingerprint density at radius 3 is 2.33 bits per heavy atom. The summed E-state index contributed by atoms with van der Waals surface area (Å²) in [5.41, 5.74) is 0. The quantitative estimate of drug-likeness (QED) is 0.790. The number of hydrogen-bond acceptors (Lipinski definition) is 4. The van der Waals surface area contributed by atoms with Gasteiger partial charge in [-0.15, -0.1) is 0 Å². The molecule has 0 radical (unpaired) electrons. The summed E-state index contributed by atoms with van der Waals surface area (Å²) in [5, 5.41) is 3.58. The highest BCUT2D eigenvalue weighted by Crippen LogP contribution is 2.19. The Kier molecular flexibility index (Phi) is 5.62. The molecule has 1 heterocycles. The molecule has 0 spiro atoms. The van der Waals surface area contributed by atoms with Crippen LogP contribution >= 0.6 is 0 Å². The van der Waals surface area contributed by atoms with Gasteiger partial charge in [-0.05, 0) is 33.1 Å². The summed E-state index contributed by atoms with van der Waals surface area (Å²) in [6, 6.07) is 1.34. The maximum Gasteiger partial charge on any atom is 0.147 e. The van der Waals surface area contributed by atoms with Crippen molar-refractivity contribution in [3.05, 3.63) is 0 Å². The van der Waals surface area contributed by atoms with Gasteiger partial charge in [0.2, 0.25) is 0 Å². The standard InChI is InChI=1S/C13H28N2O2S/c1-10(2)15-8-11(3)13(9-15)14-12(4)6-7-18(5,16)17/h10-14H,6-9H2,1-5H3. The van der Waals surface area contributed by atoms with E-state index in [0.717, 1.165) is 13.1 Å². The van der Waals surface area contributed by atoms with Gasteiger partial charge in [-0.2, -0.15) is 0 Å². The molecule has 4 nitrogen and oxygen atoms in total. The van der Waals surface area contributed by atoms with Crippen molar-refractivity contribution in [2.75, 3.05) is 25.1 Å². The number of nitrogens with one attached hydrogen (secondary N) is 1. The molecule has 0 aromatic carbocycles. The summed E-state index contributed by atoms with van der Waals surface area (Å²) in [4.78, 5) is 2.48. The Labute approximate surface area is 112 Å². The normalized spacial score (nSPS) is 27.9. The lowest BCUT2D eigenvalue weighted by atomic mass is 10.1. The van der Waals surface area contributed by atoms with Gasteiger partial charge in [0.15, 0.2) is 0 Å². The van der Waals surface area contributed by atoms with Crippen LogP contribution < -0.4 is 5.32 Å². The van der Waals surface area contributed by atoms with E-state index < -0.39 is 9.84 Å². The highest BCUT2D eigenvalue weighted by atomic mass is 32.2. The molecule has 0 amide bonds. The first-order valence-corrected chi connectivity index (χ1v) is 8.93. The second kappa shape index (κ2) is 6.35. The first kappa shape index (κ1) is 15.9. The molecular weight excluding hydrogens is 248 g/mol. The van der Waals surface area contributed by atoms with Gasteiger partial charge in [-0.25, -0.2) is 8.42 Å². The van der Waals surface area contributed by atoms with Crippen LogP contribution in [0.4, 0.5) is 0 Å². The van der Waals surface area contributed by atoms with Crippen LogP contribution in [0.3, 0.4) is 0 Å². The topological polar surface area (TPSA) is 49.4 Å². The second-order valence-electron chi connectivity index (χ2n) is 6.12. The molecule has 5 heteroatoms. The number of nitrogens with zero attached hydrogens (tertiary/aromatic N) is 1. The van der Waals surface area contributed by atoms with Gasteiger partial charge in [0, 0.05) is 37.5 Å². The van der Waals surface area contributed by atoms with E-state index in [1.54, 1.807) is 0 Å². The van der Waals surface area contributed by atoms with Gasteiger partial charge in [0.05, 0.1) is 5.75 Å². The molecule has 0 aliphatic carbocycles. The van der Waals surface area contributed by atoms with Crippen molar-refractivity contribution in [1.29, 1.82) is 0 Å². The monoisotopic (exact) mass is 276 g/mol. The Bertz CT molecular complexity index is 354. The number of rotatable bonds is 6. The minimum absolute atomic E-state index is 0.263. The average Bonchev–Trinajstić information content (AvgIpc) is 2.57. The van der Waals surface area contributed by atoms with Gasteiger partial charge in [0.25, 0.3) is 0 Å². The van der Waals surface area contributed by atoms with Crippen LogP contribution in [-0.2, 0) is 9.84 Å². The molecule has 0 saturated carbocycles. The smallest absolute Gasteiger partial charge is 0.147 e. The molecule has 0 aromatic rings. The third-order valence-corrected chi connectivity index (χ3v) is 4.77. The predicted molar refractivity (Wildman–Crippen MR) is 76.6 cm³/mol. The number of sulfone groups is 1. The molecule has 3 unspecified atom stereocenters. The van der Waals surface area contributed by atoms with Crippen LogP contribution in [0.2, 0.25) is 0 Å². The summed E-state index contributed by atoms with van der Waals surface area (Å²) in [6.07, 6.45) is 2.00.